The number of rotatable bonds is 5. The van der Waals surface area contributed by atoms with Crippen LogP contribution in [0, 0.1) is 0 Å². The number of carboxylic acids is 1. The Morgan fingerprint density at radius 2 is 2.10 bits per heavy atom. The van der Waals surface area contributed by atoms with Gasteiger partial charge in [0.2, 0.25) is 0 Å². The minimum atomic E-state index is -0.934. The van der Waals surface area contributed by atoms with E-state index in [1.807, 2.05) is 24.3 Å². The molecule has 2 rings (SSSR count). The monoisotopic (exact) mass is 335 g/mol. The van der Waals surface area contributed by atoms with Crippen molar-refractivity contribution in [1.29, 1.82) is 0 Å². The maximum Gasteiger partial charge on any atom is 0.335 e. The van der Waals surface area contributed by atoms with Gasteiger partial charge in [0.25, 0.3) is 0 Å². The largest absolute Gasteiger partial charge is 0.497 e. The van der Waals surface area contributed by atoms with Crippen LogP contribution in [0.25, 0.3) is 0 Å². The van der Waals surface area contributed by atoms with Crippen molar-refractivity contribution in [1.82, 2.24) is 0 Å². The third kappa shape index (κ3) is 3.51. The van der Waals surface area contributed by atoms with Crippen molar-refractivity contribution in [3.05, 3.63) is 58.1 Å². The van der Waals surface area contributed by atoms with Gasteiger partial charge in [0.05, 0.1) is 12.7 Å². The van der Waals surface area contributed by atoms with Crippen molar-refractivity contribution in [3.8, 4) is 5.75 Å². The predicted octanol–water partition coefficient (Wildman–Crippen LogP) is 3.77. The highest BCUT2D eigenvalue weighted by Crippen LogP contribution is 2.23. The molecule has 0 unspecified atom stereocenters. The topological polar surface area (TPSA) is 58.6 Å². The van der Waals surface area contributed by atoms with E-state index in [0.29, 0.717) is 6.54 Å². The number of carbonyl (C=O) groups is 1. The number of hydrogen-bond donors (Lipinski definition) is 2. The highest BCUT2D eigenvalue weighted by Gasteiger charge is 2.05. The van der Waals surface area contributed by atoms with Crippen molar-refractivity contribution in [2.75, 3.05) is 12.4 Å². The SMILES string of the molecule is COc1ccc(Br)c(CNc2cccc(C(=O)O)c2)c1. The van der Waals surface area contributed by atoms with Gasteiger partial charge in [-0.15, -0.1) is 0 Å². The molecule has 0 saturated heterocycles. The summed E-state index contributed by atoms with van der Waals surface area (Å²) in [5.41, 5.74) is 2.06. The smallest absolute Gasteiger partial charge is 0.335 e. The molecule has 0 atom stereocenters. The summed E-state index contributed by atoms with van der Waals surface area (Å²) in [6.45, 7) is 0.570. The van der Waals surface area contributed by atoms with Crippen molar-refractivity contribution >= 4 is 27.6 Å². The number of hydrogen-bond acceptors (Lipinski definition) is 3. The molecule has 2 aromatic rings. The molecule has 0 fully saturated rings. The van der Waals surface area contributed by atoms with Gasteiger partial charge in [0.15, 0.2) is 0 Å². The quantitative estimate of drug-likeness (QED) is 0.873. The maximum atomic E-state index is 10.9. The minimum absolute atomic E-state index is 0.264. The van der Waals surface area contributed by atoms with E-state index >= 15 is 0 Å². The lowest BCUT2D eigenvalue weighted by atomic mass is 10.2. The number of methoxy groups -OCH3 is 1. The first-order chi connectivity index (χ1) is 9.60. The average molecular weight is 336 g/mol. The number of aromatic carboxylic acids is 1. The summed E-state index contributed by atoms with van der Waals surface area (Å²) in [5, 5.41) is 12.2. The number of nitrogens with one attached hydrogen (secondary N) is 1. The molecule has 104 valence electrons. The van der Waals surface area contributed by atoms with E-state index in [1.54, 1.807) is 25.3 Å². The predicted molar refractivity (Wildman–Crippen MR) is 81.4 cm³/mol. The highest BCUT2D eigenvalue weighted by molar-refractivity contribution is 9.10. The lowest BCUT2D eigenvalue weighted by Crippen LogP contribution is -2.02. The summed E-state index contributed by atoms with van der Waals surface area (Å²) in [6, 6.07) is 12.4. The van der Waals surface area contributed by atoms with E-state index in [9.17, 15) is 4.79 Å². The summed E-state index contributed by atoms with van der Waals surface area (Å²) in [6.07, 6.45) is 0. The molecule has 2 aromatic carbocycles. The van der Waals surface area contributed by atoms with Gasteiger partial charge in [-0.3, -0.25) is 0 Å². The Hall–Kier alpha value is -2.01. The molecular weight excluding hydrogens is 322 g/mol. The molecular formula is C15H14BrNO3. The van der Waals surface area contributed by atoms with Crippen LogP contribution in [-0.4, -0.2) is 18.2 Å². The fraction of sp³-hybridized carbons (Fsp3) is 0.133. The van der Waals surface area contributed by atoms with Crippen molar-refractivity contribution in [2.24, 2.45) is 0 Å². The molecule has 0 heterocycles. The molecule has 0 aliphatic heterocycles. The molecule has 0 amide bonds. The molecule has 0 aromatic heterocycles. The third-order valence-electron chi connectivity index (χ3n) is 2.85. The number of halogens is 1. The maximum absolute atomic E-state index is 10.9. The standard InChI is InChI=1S/C15H14BrNO3/c1-20-13-5-6-14(16)11(8-13)9-17-12-4-2-3-10(7-12)15(18)19/h2-8,17H,9H2,1H3,(H,18,19). The third-order valence-corrected chi connectivity index (χ3v) is 3.62. The van der Waals surface area contributed by atoms with E-state index in [4.69, 9.17) is 9.84 Å². The minimum Gasteiger partial charge on any atom is -0.497 e. The number of anilines is 1. The van der Waals surface area contributed by atoms with Crippen molar-refractivity contribution in [2.45, 2.75) is 6.54 Å². The fourth-order valence-electron chi connectivity index (χ4n) is 1.77. The number of ether oxygens (including phenoxy) is 1. The molecule has 0 saturated carbocycles. The van der Waals surface area contributed by atoms with Crippen LogP contribution >= 0.6 is 15.9 Å². The zero-order valence-corrected chi connectivity index (χ0v) is 12.5. The molecule has 0 radical (unpaired) electrons. The average Bonchev–Trinajstić information content (AvgIpc) is 2.46. The molecule has 0 aliphatic rings. The molecule has 20 heavy (non-hydrogen) atoms. The molecule has 0 aliphatic carbocycles. The molecule has 2 N–H and O–H groups in total. The Morgan fingerprint density at radius 3 is 2.80 bits per heavy atom. The van der Waals surface area contributed by atoms with E-state index < -0.39 is 5.97 Å². The van der Waals surface area contributed by atoms with Crippen LogP contribution in [0.3, 0.4) is 0 Å². The lowest BCUT2D eigenvalue weighted by Gasteiger charge is -2.10. The van der Waals surface area contributed by atoms with Crippen LogP contribution in [0.5, 0.6) is 5.75 Å². The Bertz CT molecular complexity index is 628. The van der Waals surface area contributed by atoms with Gasteiger partial charge in [-0.05, 0) is 42.0 Å². The Morgan fingerprint density at radius 1 is 1.30 bits per heavy atom. The van der Waals surface area contributed by atoms with Gasteiger partial charge in [-0.1, -0.05) is 22.0 Å². The highest BCUT2D eigenvalue weighted by atomic mass is 79.9. The molecule has 5 heteroatoms. The first-order valence-electron chi connectivity index (χ1n) is 6.00. The van der Waals surface area contributed by atoms with Crippen LogP contribution in [0.2, 0.25) is 0 Å². The van der Waals surface area contributed by atoms with Gasteiger partial charge in [-0.2, -0.15) is 0 Å². The molecule has 0 spiro atoms. The zero-order valence-electron chi connectivity index (χ0n) is 10.9. The zero-order chi connectivity index (χ0) is 14.5. The summed E-state index contributed by atoms with van der Waals surface area (Å²) >= 11 is 3.48. The summed E-state index contributed by atoms with van der Waals surface area (Å²) in [4.78, 5) is 10.9. The van der Waals surface area contributed by atoms with Gasteiger partial charge in [0.1, 0.15) is 5.75 Å². The molecule has 0 bridgehead atoms. The van der Waals surface area contributed by atoms with Gasteiger partial charge in [-0.25, -0.2) is 4.79 Å². The van der Waals surface area contributed by atoms with E-state index in [1.165, 1.54) is 0 Å². The summed E-state index contributed by atoms with van der Waals surface area (Å²) in [7, 11) is 1.62. The Balaban J connectivity index is 2.12. The van der Waals surface area contributed by atoms with Crippen LogP contribution in [0.4, 0.5) is 5.69 Å². The van der Waals surface area contributed by atoms with E-state index in [2.05, 4.69) is 21.2 Å². The molecule has 4 nitrogen and oxygen atoms in total. The van der Waals surface area contributed by atoms with Crippen LogP contribution in [-0.2, 0) is 6.54 Å². The first kappa shape index (κ1) is 14.4. The van der Waals surface area contributed by atoms with Gasteiger partial charge >= 0.3 is 5.97 Å². The lowest BCUT2D eigenvalue weighted by molar-refractivity contribution is 0.0697. The normalized spacial score (nSPS) is 10.1. The fourth-order valence-corrected chi connectivity index (χ4v) is 2.16. The van der Waals surface area contributed by atoms with Crippen LogP contribution < -0.4 is 10.1 Å². The van der Waals surface area contributed by atoms with Crippen LogP contribution in [0.15, 0.2) is 46.9 Å². The second-order valence-corrected chi connectivity index (χ2v) is 5.05. The second kappa shape index (κ2) is 6.43. The Labute approximate surface area is 125 Å². The van der Waals surface area contributed by atoms with Gasteiger partial charge in [0, 0.05) is 16.7 Å². The van der Waals surface area contributed by atoms with Gasteiger partial charge < -0.3 is 15.2 Å². The van der Waals surface area contributed by atoms with E-state index in [-0.39, 0.29) is 5.56 Å². The van der Waals surface area contributed by atoms with E-state index in [0.717, 1.165) is 21.5 Å². The second-order valence-electron chi connectivity index (χ2n) is 4.20. The van der Waals surface area contributed by atoms with Crippen molar-refractivity contribution < 1.29 is 14.6 Å². The Kier molecular flexibility index (Phi) is 4.63. The van der Waals surface area contributed by atoms with Crippen LogP contribution in [0.1, 0.15) is 15.9 Å². The first-order valence-corrected chi connectivity index (χ1v) is 6.79. The number of benzene rings is 2. The summed E-state index contributed by atoms with van der Waals surface area (Å²) in [5.74, 6) is -0.152. The summed E-state index contributed by atoms with van der Waals surface area (Å²) < 4.78 is 6.16. The number of carboxylic acid groups (broad SMARTS) is 1. The van der Waals surface area contributed by atoms with Crippen molar-refractivity contribution in [3.63, 3.8) is 0 Å².